The van der Waals surface area contributed by atoms with Crippen molar-refractivity contribution in [2.24, 2.45) is 7.05 Å². The average molecular weight is 342 g/mol. The molecular weight excluding hydrogens is 320 g/mol. The van der Waals surface area contributed by atoms with Crippen molar-refractivity contribution in [2.45, 2.75) is 31.3 Å². The number of aromatic nitrogens is 4. The Morgan fingerprint density at radius 3 is 2.72 bits per heavy atom. The summed E-state index contributed by atoms with van der Waals surface area (Å²) in [5.41, 5.74) is 2.42. The van der Waals surface area contributed by atoms with Gasteiger partial charge in [-0.15, -0.1) is 0 Å². The predicted molar refractivity (Wildman–Crippen MR) is 91.3 cm³/mol. The Labute approximate surface area is 146 Å². The zero-order chi connectivity index (χ0) is 17.4. The zero-order valence-corrected chi connectivity index (χ0v) is 14.2. The van der Waals surface area contributed by atoms with Crippen LogP contribution in [-0.2, 0) is 18.4 Å². The third-order valence-corrected chi connectivity index (χ3v) is 5.01. The molecule has 2 aliphatic rings. The van der Waals surface area contributed by atoms with Crippen molar-refractivity contribution < 1.29 is 9.90 Å². The van der Waals surface area contributed by atoms with E-state index in [-0.39, 0.29) is 0 Å². The first-order chi connectivity index (χ1) is 12.1. The van der Waals surface area contributed by atoms with E-state index in [2.05, 4.69) is 15.1 Å². The Hall–Kier alpha value is -2.48. The molecule has 1 saturated heterocycles. The van der Waals surface area contributed by atoms with Gasteiger partial charge in [0, 0.05) is 62.8 Å². The largest absolute Gasteiger partial charge is 0.480 e. The Morgan fingerprint density at radius 2 is 2.04 bits per heavy atom. The summed E-state index contributed by atoms with van der Waals surface area (Å²) in [6, 6.07) is 1.18. The van der Waals surface area contributed by atoms with Crippen molar-refractivity contribution in [3.8, 4) is 0 Å². The van der Waals surface area contributed by atoms with Crippen LogP contribution in [0.3, 0.4) is 0 Å². The average Bonchev–Trinajstić information content (AvgIpc) is 3.39. The molecule has 2 aromatic rings. The molecule has 1 aliphatic carbocycles. The molecule has 0 bridgehead atoms. The van der Waals surface area contributed by atoms with Crippen LogP contribution in [0.4, 0.5) is 5.95 Å². The number of rotatable bonds is 5. The van der Waals surface area contributed by atoms with Gasteiger partial charge >= 0.3 is 5.97 Å². The number of hydrogen-bond donors (Lipinski definition) is 1. The standard InChI is InChI=1S/C17H22N6O2/c1-21-15(12-3-4-12)13(9-20-21)10-22-7-8-23(11-14(22)16(24)25)17-18-5-2-6-19-17/h2,5-6,9,12,14H,3-4,7-8,10-11H2,1H3,(H,24,25). The first-order valence-corrected chi connectivity index (χ1v) is 8.63. The molecule has 8 nitrogen and oxygen atoms in total. The van der Waals surface area contributed by atoms with Gasteiger partial charge in [0.25, 0.3) is 0 Å². The molecule has 132 valence electrons. The summed E-state index contributed by atoms with van der Waals surface area (Å²) in [5.74, 6) is 0.371. The third-order valence-electron chi connectivity index (χ3n) is 5.01. The highest BCUT2D eigenvalue weighted by atomic mass is 16.4. The SMILES string of the molecule is Cn1ncc(CN2CCN(c3ncccn3)CC2C(=O)O)c1C1CC1. The lowest BCUT2D eigenvalue weighted by Gasteiger charge is -2.39. The molecule has 25 heavy (non-hydrogen) atoms. The molecule has 2 aromatic heterocycles. The van der Waals surface area contributed by atoms with Crippen LogP contribution in [-0.4, -0.2) is 61.4 Å². The molecule has 8 heteroatoms. The maximum atomic E-state index is 11.8. The van der Waals surface area contributed by atoms with Gasteiger partial charge in [-0.1, -0.05) is 0 Å². The van der Waals surface area contributed by atoms with Gasteiger partial charge in [0.15, 0.2) is 0 Å². The molecule has 0 spiro atoms. The lowest BCUT2D eigenvalue weighted by Crippen LogP contribution is -2.56. The van der Waals surface area contributed by atoms with Gasteiger partial charge in [-0.05, 0) is 18.9 Å². The summed E-state index contributed by atoms with van der Waals surface area (Å²) in [6.45, 7) is 2.39. The van der Waals surface area contributed by atoms with Crippen molar-refractivity contribution in [3.63, 3.8) is 0 Å². The van der Waals surface area contributed by atoms with Crippen molar-refractivity contribution in [2.75, 3.05) is 24.5 Å². The number of hydrogen-bond acceptors (Lipinski definition) is 6. The van der Waals surface area contributed by atoms with E-state index < -0.39 is 12.0 Å². The van der Waals surface area contributed by atoms with E-state index in [1.807, 2.05) is 27.7 Å². The fourth-order valence-corrected chi connectivity index (χ4v) is 3.60. The summed E-state index contributed by atoms with van der Waals surface area (Å²) in [4.78, 5) is 24.3. The van der Waals surface area contributed by atoms with E-state index in [0.29, 0.717) is 38.0 Å². The first kappa shape index (κ1) is 16.0. The highest BCUT2D eigenvalue weighted by Crippen LogP contribution is 2.41. The Balaban J connectivity index is 1.51. The Kier molecular flexibility index (Phi) is 4.12. The van der Waals surface area contributed by atoms with E-state index in [4.69, 9.17) is 0 Å². The maximum Gasteiger partial charge on any atom is 0.322 e. The second-order valence-electron chi connectivity index (χ2n) is 6.77. The molecule has 1 N–H and O–H groups in total. The van der Waals surface area contributed by atoms with Crippen molar-refractivity contribution in [1.82, 2.24) is 24.6 Å². The van der Waals surface area contributed by atoms with E-state index in [9.17, 15) is 9.90 Å². The molecular formula is C17H22N6O2. The summed E-state index contributed by atoms with van der Waals surface area (Å²) in [5, 5.41) is 14.1. The molecule has 0 aromatic carbocycles. The Bertz CT molecular complexity index is 758. The molecule has 2 fully saturated rings. The molecule has 1 atom stereocenters. The number of carboxylic acids is 1. The molecule has 1 unspecified atom stereocenters. The van der Waals surface area contributed by atoms with Gasteiger partial charge in [-0.3, -0.25) is 14.4 Å². The van der Waals surface area contributed by atoms with Crippen molar-refractivity contribution in [3.05, 3.63) is 35.9 Å². The topological polar surface area (TPSA) is 87.4 Å². The minimum absolute atomic E-state index is 0.387. The van der Waals surface area contributed by atoms with Crippen molar-refractivity contribution in [1.29, 1.82) is 0 Å². The van der Waals surface area contributed by atoms with Crippen LogP contribution in [0.1, 0.15) is 30.0 Å². The van der Waals surface area contributed by atoms with Crippen LogP contribution in [0.2, 0.25) is 0 Å². The van der Waals surface area contributed by atoms with Crippen LogP contribution in [0, 0.1) is 0 Å². The highest BCUT2D eigenvalue weighted by molar-refractivity contribution is 5.74. The monoisotopic (exact) mass is 342 g/mol. The van der Waals surface area contributed by atoms with Crippen LogP contribution in [0.15, 0.2) is 24.7 Å². The normalized spacial score (nSPS) is 21.5. The molecule has 4 rings (SSSR count). The van der Waals surface area contributed by atoms with Crippen molar-refractivity contribution >= 4 is 11.9 Å². The van der Waals surface area contributed by atoms with Gasteiger partial charge in [0.05, 0.1) is 6.20 Å². The minimum Gasteiger partial charge on any atom is -0.480 e. The first-order valence-electron chi connectivity index (χ1n) is 8.63. The third kappa shape index (κ3) is 3.21. The molecule has 3 heterocycles. The van der Waals surface area contributed by atoms with Crippen LogP contribution < -0.4 is 4.90 Å². The number of aryl methyl sites for hydroxylation is 1. The number of carbonyl (C=O) groups is 1. The Morgan fingerprint density at radius 1 is 1.28 bits per heavy atom. The second kappa shape index (κ2) is 6.44. The van der Waals surface area contributed by atoms with Gasteiger partial charge in [-0.2, -0.15) is 5.10 Å². The lowest BCUT2D eigenvalue weighted by molar-refractivity contribution is -0.143. The van der Waals surface area contributed by atoms with Crippen LogP contribution in [0.25, 0.3) is 0 Å². The molecule has 1 saturated carbocycles. The quantitative estimate of drug-likeness (QED) is 0.862. The van der Waals surface area contributed by atoms with Gasteiger partial charge in [0.1, 0.15) is 6.04 Å². The minimum atomic E-state index is -0.808. The lowest BCUT2D eigenvalue weighted by atomic mass is 10.1. The molecule has 1 aliphatic heterocycles. The summed E-state index contributed by atoms with van der Waals surface area (Å²) >= 11 is 0. The van der Waals surface area contributed by atoms with E-state index in [1.165, 1.54) is 18.5 Å². The second-order valence-corrected chi connectivity index (χ2v) is 6.77. The number of carboxylic acid groups (broad SMARTS) is 1. The molecule has 0 radical (unpaired) electrons. The zero-order valence-electron chi connectivity index (χ0n) is 14.2. The fraction of sp³-hybridized carbons (Fsp3) is 0.529. The smallest absolute Gasteiger partial charge is 0.322 e. The fourth-order valence-electron chi connectivity index (χ4n) is 3.60. The van der Waals surface area contributed by atoms with Gasteiger partial charge in [-0.25, -0.2) is 9.97 Å². The van der Waals surface area contributed by atoms with E-state index in [1.54, 1.807) is 18.5 Å². The number of anilines is 1. The van der Waals surface area contributed by atoms with E-state index >= 15 is 0 Å². The number of piperazine rings is 1. The van der Waals surface area contributed by atoms with Gasteiger partial charge < -0.3 is 10.0 Å². The van der Waals surface area contributed by atoms with Crippen LogP contribution in [0.5, 0.6) is 0 Å². The summed E-state index contributed by atoms with van der Waals surface area (Å²) < 4.78 is 1.94. The van der Waals surface area contributed by atoms with Gasteiger partial charge in [0.2, 0.25) is 5.95 Å². The highest BCUT2D eigenvalue weighted by Gasteiger charge is 2.35. The number of nitrogens with zero attached hydrogens (tertiary/aromatic N) is 6. The summed E-state index contributed by atoms with van der Waals surface area (Å²) in [7, 11) is 1.97. The predicted octanol–water partition coefficient (Wildman–Crippen LogP) is 0.863. The summed E-state index contributed by atoms with van der Waals surface area (Å²) in [6.07, 6.45) is 7.66. The number of aliphatic carboxylic acids is 1. The van der Waals surface area contributed by atoms with Crippen LogP contribution >= 0.6 is 0 Å². The van der Waals surface area contributed by atoms with E-state index in [0.717, 1.165) is 5.56 Å². The molecule has 0 amide bonds. The maximum absolute atomic E-state index is 11.8.